The van der Waals surface area contributed by atoms with Gasteiger partial charge in [-0.3, -0.25) is 23.7 Å². The van der Waals surface area contributed by atoms with Crippen LogP contribution in [0.1, 0.15) is 21.9 Å². The number of methoxy groups -OCH3 is 1. The Balaban J connectivity index is 1.40. The average molecular weight is 644 g/mol. The number of para-hydroxylation sites is 1. The summed E-state index contributed by atoms with van der Waals surface area (Å²) >= 11 is 1.79. The third-order valence-corrected chi connectivity index (χ3v) is 9.99. The highest BCUT2D eigenvalue weighted by atomic mass is 32.2. The summed E-state index contributed by atoms with van der Waals surface area (Å²) < 4.78 is 59.9. The summed E-state index contributed by atoms with van der Waals surface area (Å²) in [6.07, 6.45) is -4.61. The fraction of sp³-hybridized carbons (Fsp3) is 0.200. The smallest absolute Gasteiger partial charge is 0.416 e. The van der Waals surface area contributed by atoms with Gasteiger partial charge < -0.3 is 10.1 Å². The molecule has 3 aromatic carbocycles. The lowest BCUT2D eigenvalue weighted by Crippen LogP contribution is -2.33. The molecule has 2 aliphatic rings. The molecule has 226 valence electrons. The molecule has 4 aromatic rings. The van der Waals surface area contributed by atoms with Crippen molar-refractivity contribution >= 4 is 52.2 Å². The molecule has 6 rings (SSSR count). The van der Waals surface area contributed by atoms with Gasteiger partial charge in [-0.05, 0) is 48.5 Å². The number of thiazole rings is 1. The highest BCUT2D eigenvalue weighted by molar-refractivity contribution is 8.00. The Morgan fingerprint density at radius 3 is 2.41 bits per heavy atom. The minimum atomic E-state index is -4.61. The van der Waals surface area contributed by atoms with Gasteiger partial charge in [0.1, 0.15) is 23.4 Å². The number of amides is 3. The van der Waals surface area contributed by atoms with E-state index in [2.05, 4.69) is 5.32 Å². The highest BCUT2D eigenvalue weighted by Gasteiger charge is 2.57. The fourth-order valence-electron chi connectivity index (χ4n) is 5.48. The molecule has 14 heteroatoms. The number of carbonyl (C=O) groups is 3. The largest absolute Gasteiger partial charge is 0.496 e. The van der Waals surface area contributed by atoms with Crippen molar-refractivity contribution in [3.8, 4) is 5.75 Å². The van der Waals surface area contributed by atoms with E-state index >= 15 is 0 Å². The highest BCUT2D eigenvalue weighted by Crippen LogP contribution is 2.55. The van der Waals surface area contributed by atoms with Crippen LogP contribution in [0.2, 0.25) is 0 Å². The van der Waals surface area contributed by atoms with Crippen LogP contribution in [0.4, 0.5) is 28.9 Å². The molecule has 3 atom stereocenters. The van der Waals surface area contributed by atoms with Crippen LogP contribution in [-0.4, -0.2) is 34.6 Å². The predicted molar refractivity (Wildman–Crippen MR) is 156 cm³/mol. The molecule has 2 aliphatic heterocycles. The normalized spacial score (nSPS) is 19.5. The first kappa shape index (κ1) is 29.6. The number of ether oxygens (including phenoxy) is 1. The summed E-state index contributed by atoms with van der Waals surface area (Å²) in [6.45, 7) is -0.548. The Morgan fingerprint density at radius 1 is 0.977 bits per heavy atom. The van der Waals surface area contributed by atoms with Crippen LogP contribution >= 0.6 is 23.1 Å². The monoisotopic (exact) mass is 643 g/mol. The Hall–Kier alpha value is -4.43. The summed E-state index contributed by atoms with van der Waals surface area (Å²) in [7, 11) is 1.45. The van der Waals surface area contributed by atoms with Gasteiger partial charge in [-0.15, -0.1) is 0 Å². The molecule has 1 N–H and O–H groups in total. The molecule has 3 amide bonds. The molecular formula is C30H21F4N3O5S2. The van der Waals surface area contributed by atoms with Crippen molar-refractivity contribution in [2.45, 2.75) is 28.9 Å². The first-order valence-electron chi connectivity index (χ1n) is 13.1. The molecule has 1 saturated heterocycles. The number of rotatable bonds is 6. The van der Waals surface area contributed by atoms with Gasteiger partial charge in [0, 0.05) is 22.0 Å². The first-order chi connectivity index (χ1) is 21.0. The SMILES string of the molecule is COc1ccccc1[C@H]1c2sc(=O)n(CC(=O)Nc3cccc(C(F)(F)F)c3)c2SC2C(=O)N(c3ccc(F)cc3)C(=O)C21. The number of halogens is 4. The van der Waals surface area contributed by atoms with Crippen LogP contribution in [0.5, 0.6) is 5.75 Å². The molecule has 0 radical (unpaired) electrons. The van der Waals surface area contributed by atoms with E-state index in [4.69, 9.17) is 4.74 Å². The average Bonchev–Trinajstić information content (AvgIpc) is 3.43. The maximum Gasteiger partial charge on any atom is 0.416 e. The van der Waals surface area contributed by atoms with Crippen LogP contribution in [0.25, 0.3) is 0 Å². The zero-order valence-electron chi connectivity index (χ0n) is 22.6. The second kappa shape index (κ2) is 11.2. The first-order valence-corrected chi connectivity index (χ1v) is 14.8. The van der Waals surface area contributed by atoms with Crippen LogP contribution in [0.15, 0.2) is 82.6 Å². The Labute approximate surface area is 255 Å². The van der Waals surface area contributed by atoms with Crippen molar-refractivity contribution in [2.75, 3.05) is 17.3 Å². The van der Waals surface area contributed by atoms with E-state index in [0.717, 1.165) is 62.9 Å². The van der Waals surface area contributed by atoms with E-state index in [9.17, 15) is 36.7 Å². The topological polar surface area (TPSA) is 97.7 Å². The lowest BCUT2D eigenvalue weighted by molar-refractivity contribution is -0.137. The molecule has 0 saturated carbocycles. The maximum absolute atomic E-state index is 13.9. The molecule has 44 heavy (non-hydrogen) atoms. The molecule has 1 fully saturated rings. The minimum absolute atomic E-state index is 0.104. The Kier molecular flexibility index (Phi) is 7.58. The molecule has 3 heterocycles. The van der Waals surface area contributed by atoms with Gasteiger partial charge in [0.05, 0.1) is 29.3 Å². The molecule has 1 aromatic heterocycles. The van der Waals surface area contributed by atoms with E-state index in [-0.39, 0.29) is 11.4 Å². The number of alkyl halides is 3. The molecule has 0 bridgehead atoms. The lowest BCUT2D eigenvalue weighted by atomic mass is 9.82. The molecule has 0 spiro atoms. The number of anilines is 2. The third kappa shape index (κ3) is 5.17. The van der Waals surface area contributed by atoms with Gasteiger partial charge in [-0.25, -0.2) is 9.29 Å². The van der Waals surface area contributed by atoms with Crippen molar-refractivity contribution in [3.63, 3.8) is 0 Å². The number of hydrogen-bond acceptors (Lipinski definition) is 7. The van der Waals surface area contributed by atoms with Crippen LogP contribution in [-0.2, 0) is 27.1 Å². The van der Waals surface area contributed by atoms with Crippen LogP contribution in [0.3, 0.4) is 0 Å². The second-order valence-electron chi connectivity index (χ2n) is 10.0. The number of nitrogens with one attached hydrogen (secondary N) is 1. The second-order valence-corrected chi connectivity index (χ2v) is 12.1. The number of carbonyl (C=O) groups excluding carboxylic acids is 3. The standard InChI is InChI=1S/C30H21F4N3O5S2/c1-42-20-8-3-2-7-19(20)22-23-24(27(40)37(26(23)39)18-11-9-16(31)10-12-18)43-28-25(22)44-29(41)36(28)14-21(38)35-17-6-4-5-15(13-17)30(32,33)34/h2-13,22-24H,14H2,1H3,(H,35,38)/t22-,23?,24?/m1/s1. The number of nitrogens with zero attached hydrogens (tertiary/aromatic N) is 2. The van der Waals surface area contributed by atoms with Gasteiger partial charge in [0.15, 0.2) is 0 Å². The summed E-state index contributed by atoms with van der Waals surface area (Å²) in [5, 5.41) is 1.69. The Morgan fingerprint density at radius 2 is 1.70 bits per heavy atom. The molecule has 0 aliphatic carbocycles. The predicted octanol–water partition coefficient (Wildman–Crippen LogP) is 5.51. The van der Waals surface area contributed by atoms with Gasteiger partial charge >= 0.3 is 11.0 Å². The zero-order chi connectivity index (χ0) is 31.3. The minimum Gasteiger partial charge on any atom is -0.496 e. The van der Waals surface area contributed by atoms with E-state index in [0.29, 0.717) is 21.2 Å². The number of benzene rings is 3. The summed E-state index contributed by atoms with van der Waals surface area (Å²) in [5.74, 6) is -3.74. The third-order valence-electron chi connectivity index (χ3n) is 7.38. The van der Waals surface area contributed by atoms with E-state index < -0.39 is 63.8 Å². The summed E-state index contributed by atoms with van der Waals surface area (Å²) in [6, 6.07) is 15.9. The maximum atomic E-state index is 13.9. The van der Waals surface area contributed by atoms with E-state index in [1.165, 1.54) is 25.3 Å². The number of thioether (sulfide) groups is 1. The quantitative estimate of drug-likeness (QED) is 0.220. The number of aromatic nitrogens is 1. The van der Waals surface area contributed by atoms with Crippen molar-refractivity contribution in [1.82, 2.24) is 4.57 Å². The van der Waals surface area contributed by atoms with E-state index in [1.54, 1.807) is 24.3 Å². The summed E-state index contributed by atoms with van der Waals surface area (Å²) in [4.78, 5) is 54.9. The zero-order valence-corrected chi connectivity index (χ0v) is 24.3. The number of imide groups is 1. The number of fused-ring (bicyclic) bond motifs is 2. The fourth-order valence-corrected chi connectivity index (χ4v) is 8.24. The lowest BCUT2D eigenvalue weighted by Gasteiger charge is -2.31. The van der Waals surface area contributed by atoms with Crippen LogP contribution < -0.4 is 19.8 Å². The number of hydrogen-bond donors (Lipinski definition) is 1. The van der Waals surface area contributed by atoms with Gasteiger partial charge in [0.25, 0.3) is 0 Å². The van der Waals surface area contributed by atoms with E-state index in [1.807, 2.05) is 0 Å². The van der Waals surface area contributed by atoms with Gasteiger partial charge in [-0.2, -0.15) is 13.2 Å². The van der Waals surface area contributed by atoms with Crippen molar-refractivity contribution in [3.05, 3.63) is 104 Å². The molecule has 2 unspecified atom stereocenters. The van der Waals surface area contributed by atoms with Crippen LogP contribution in [0, 0.1) is 11.7 Å². The molecular weight excluding hydrogens is 622 g/mol. The van der Waals surface area contributed by atoms with Crippen molar-refractivity contribution < 1.29 is 36.7 Å². The Bertz CT molecular complexity index is 1850. The molecule has 8 nitrogen and oxygen atoms in total. The van der Waals surface area contributed by atoms with Gasteiger partial charge in [0.2, 0.25) is 17.7 Å². The summed E-state index contributed by atoms with van der Waals surface area (Å²) in [5.41, 5.74) is -0.309. The van der Waals surface area contributed by atoms with Gasteiger partial charge in [-0.1, -0.05) is 47.4 Å². The van der Waals surface area contributed by atoms with Crippen molar-refractivity contribution in [1.29, 1.82) is 0 Å². The van der Waals surface area contributed by atoms with Crippen molar-refractivity contribution in [2.24, 2.45) is 5.92 Å².